The number of furan rings is 1. The summed E-state index contributed by atoms with van der Waals surface area (Å²) in [6.45, 7) is 2.91. The van der Waals surface area contributed by atoms with E-state index in [0.717, 1.165) is 11.3 Å². The molecule has 0 aliphatic rings. The maximum Gasteiger partial charge on any atom is 0.260 e. The van der Waals surface area contributed by atoms with Gasteiger partial charge < -0.3 is 25.9 Å². The molecule has 3 aromatic heterocycles. The van der Waals surface area contributed by atoms with Gasteiger partial charge in [-0.1, -0.05) is 6.07 Å². The van der Waals surface area contributed by atoms with Crippen LogP contribution in [0, 0.1) is 6.92 Å². The lowest BCUT2D eigenvalue weighted by molar-refractivity contribution is 0.0946. The van der Waals surface area contributed by atoms with E-state index < -0.39 is 5.91 Å². The van der Waals surface area contributed by atoms with Crippen LogP contribution in [0.1, 0.15) is 28.0 Å². The van der Waals surface area contributed by atoms with Crippen molar-refractivity contribution < 1.29 is 13.9 Å². The molecule has 3 heterocycles. The molecule has 0 fully saturated rings. The molecule has 0 aliphatic heterocycles. The highest BCUT2D eigenvalue weighted by Gasteiger charge is 2.22. The van der Waals surface area contributed by atoms with E-state index in [1.165, 1.54) is 6.26 Å². The summed E-state index contributed by atoms with van der Waals surface area (Å²) in [5.74, 6) is 0.298. The Bertz CT molecular complexity index is 943. The topological polar surface area (TPSA) is 142 Å². The Morgan fingerprint density at radius 3 is 2.86 bits per heavy atom. The third kappa shape index (κ3) is 4.44. The molecule has 5 N–H and O–H groups in total. The monoisotopic (exact) mass is 382 g/mol. The highest BCUT2D eigenvalue weighted by Crippen LogP contribution is 2.26. The van der Waals surface area contributed by atoms with Gasteiger partial charge in [-0.2, -0.15) is 4.98 Å². The Kier molecular flexibility index (Phi) is 6.18. The molecular formula is C19H22N6O3. The fourth-order valence-corrected chi connectivity index (χ4v) is 2.50. The van der Waals surface area contributed by atoms with Crippen molar-refractivity contribution in [1.82, 2.24) is 20.3 Å². The predicted molar refractivity (Wildman–Crippen MR) is 103 cm³/mol. The first kappa shape index (κ1) is 19.3. The first-order valence-corrected chi connectivity index (χ1v) is 8.83. The van der Waals surface area contributed by atoms with Crippen molar-refractivity contribution in [2.45, 2.75) is 19.9 Å². The molecule has 0 radical (unpaired) electrons. The number of nitrogen functional groups attached to an aromatic ring is 1. The normalized spacial score (nSPS) is 10.6. The van der Waals surface area contributed by atoms with Crippen LogP contribution in [-0.2, 0) is 6.54 Å². The molecule has 9 heteroatoms. The molecule has 0 aromatic carbocycles. The standard InChI is InChI=1S/C19H22N6O3/c1-12-5-2-8-22-13(12)11-23-18(26)15-16(21)24-17(14-6-3-9-27-14)25-19(15)28-10-4-7-20/h2-3,5-6,8-9H,4,7,10-11,20H2,1H3,(H,23,26)(H2,21,24,25). The van der Waals surface area contributed by atoms with E-state index >= 15 is 0 Å². The van der Waals surface area contributed by atoms with Crippen LogP contribution in [0.25, 0.3) is 11.6 Å². The van der Waals surface area contributed by atoms with E-state index in [4.69, 9.17) is 20.6 Å². The van der Waals surface area contributed by atoms with Crippen LogP contribution in [-0.4, -0.2) is 34.0 Å². The van der Waals surface area contributed by atoms with Crippen molar-refractivity contribution in [2.75, 3.05) is 18.9 Å². The van der Waals surface area contributed by atoms with Gasteiger partial charge in [0.2, 0.25) is 11.7 Å². The van der Waals surface area contributed by atoms with Gasteiger partial charge in [0.25, 0.3) is 5.91 Å². The number of nitrogens with two attached hydrogens (primary N) is 2. The average molecular weight is 382 g/mol. The van der Waals surface area contributed by atoms with E-state index in [1.54, 1.807) is 18.3 Å². The quantitative estimate of drug-likeness (QED) is 0.499. The molecule has 1 amide bonds. The number of aryl methyl sites for hydroxylation is 1. The predicted octanol–water partition coefficient (Wildman–Crippen LogP) is 1.68. The lowest BCUT2D eigenvalue weighted by Gasteiger charge is -2.13. The summed E-state index contributed by atoms with van der Waals surface area (Å²) in [5, 5.41) is 2.79. The highest BCUT2D eigenvalue weighted by molar-refractivity contribution is 6.00. The number of anilines is 1. The Morgan fingerprint density at radius 2 is 2.14 bits per heavy atom. The average Bonchev–Trinajstić information content (AvgIpc) is 3.22. The molecule has 9 nitrogen and oxygen atoms in total. The molecule has 0 unspecified atom stereocenters. The maximum atomic E-state index is 12.8. The minimum atomic E-state index is -0.448. The molecule has 3 rings (SSSR count). The molecule has 0 atom stereocenters. The third-order valence-corrected chi connectivity index (χ3v) is 3.99. The van der Waals surface area contributed by atoms with Gasteiger partial charge in [0.1, 0.15) is 11.4 Å². The number of hydrogen-bond acceptors (Lipinski definition) is 8. The van der Waals surface area contributed by atoms with Crippen LogP contribution >= 0.6 is 0 Å². The van der Waals surface area contributed by atoms with Gasteiger partial charge in [0.15, 0.2) is 5.76 Å². The first-order chi connectivity index (χ1) is 13.6. The number of nitrogens with one attached hydrogen (secondary N) is 1. The number of ether oxygens (including phenoxy) is 1. The molecule has 3 aromatic rings. The number of rotatable bonds is 8. The van der Waals surface area contributed by atoms with E-state index in [1.807, 2.05) is 19.1 Å². The fourth-order valence-electron chi connectivity index (χ4n) is 2.50. The molecule has 146 valence electrons. The Balaban J connectivity index is 1.87. The lowest BCUT2D eigenvalue weighted by Crippen LogP contribution is -2.26. The van der Waals surface area contributed by atoms with Crippen molar-refractivity contribution >= 4 is 11.7 Å². The molecule has 0 saturated heterocycles. The van der Waals surface area contributed by atoms with E-state index in [-0.39, 0.29) is 29.6 Å². The number of aromatic nitrogens is 3. The van der Waals surface area contributed by atoms with E-state index in [9.17, 15) is 4.79 Å². The molecular weight excluding hydrogens is 360 g/mol. The minimum absolute atomic E-state index is 0.000564. The lowest BCUT2D eigenvalue weighted by atomic mass is 10.2. The van der Waals surface area contributed by atoms with Crippen LogP contribution in [0.3, 0.4) is 0 Å². The molecule has 0 spiro atoms. The highest BCUT2D eigenvalue weighted by atomic mass is 16.5. The van der Waals surface area contributed by atoms with Gasteiger partial charge >= 0.3 is 0 Å². The van der Waals surface area contributed by atoms with Gasteiger partial charge in [0, 0.05) is 6.20 Å². The minimum Gasteiger partial charge on any atom is -0.477 e. The second-order valence-electron chi connectivity index (χ2n) is 6.03. The van der Waals surface area contributed by atoms with E-state index in [2.05, 4.69) is 20.3 Å². The van der Waals surface area contributed by atoms with Crippen molar-refractivity contribution in [3.63, 3.8) is 0 Å². The zero-order chi connectivity index (χ0) is 19.9. The maximum absolute atomic E-state index is 12.8. The zero-order valence-electron chi connectivity index (χ0n) is 15.5. The summed E-state index contributed by atoms with van der Waals surface area (Å²) in [6, 6.07) is 7.16. The van der Waals surface area contributed by atoms with Crippen molar-refractivity contribution in [3.05, 3.63) is 53.5 Å². The van der Waals surface area contributed by atoms with Crippen molar-refractivity contribution in [3.8, 4) is 17.5 Å². The smallest absolute Gasteiger partial charge is 0.260 e. The number of amides is 1. The van der Waals surface area contributed by atoms with Crippen LogP contribution < -0.4 is 21.5 Å². The number of carbonyl (C=O) groups is 1. The summed E-state index contributed by atoms with van der Waals surface area (Å²) >= 11 is 0. The molecule has 0 aliphatic carbocycles. The fraction of sp³-hybridized carbons (Fsp3) is 0.263. The van der Waals surface area contributed by atoms with Crippen molar-refractivity contribution in [2.24, 2.45) is 5.73 Å². The van der Waals surface area contributed by atoms with Gasteiger partial charge in [-0.05, 0) is 43.7 Å². The van der Waals surface area contributed by atoms with Gasteiger partial charge in [-0.15, -0.1) is 0 Å². The number of pyridine rings is 1. The van der Waals surface area contributed by atoms with Crippen LogP contribution in [0.4, 0.5) is 5.82 Å². The number of nitrogens with zero attached hydrogens (tertiary/aromatic N) is 3. The Hall–Kier alpha value is -3.46. The molecule has 28 heavy (non-hydrogen) atoms. The summed E-state index contributed by atoms with van der Waals surface area (Å²) in [7, 11) is 0. The molecule has 0 saturated carbocycles. The molecule has 0 bridgehead atoms. The summed E-state index contributed by atoms with van der Waals surface area (Å²) in [4.78, 5) is 25.5. The van der Waals surface area contributed by atoms with Crippen LogP contribution in [0.5, 0.6) is 5.88 Å². The summed E-state index contributed by atoms with van der Waals surface area (Å²) < 4.78 is 11.0. The van der Waals surface area contributed by atoms with Gasteiger partial charge in [-0.3, -0.25) is 9.78 Å². The van der Waals surface area contributed by atoms with Crippen molar-refractivity contribution in [1.29, 1.82) is 0 Å². The first-order valence-electron chi connectivity index (χ1n) is 8.83. The Labute approximate surface area is 162 Å². The second-order valence-corrected chi connectivity index (χ2v) is 6.03. The SMILES string of the molecule is Cc1cccnc1CNC(=O)c1c(N)nc(-c2ccco2)nc1OCCCN. The number of hydrogen-bond donors (Lipinski definition) is 3. The summed E-state index contributed by atoms with van der Waals surface area (Å²) in [6.07, 6.45) is 3.78. The van der Waals surface area contributed by atoms with Gasteiger partial charge in [0.05, 0.1) is 25.1 Å². The summed E-state index contributed by atoms with van der Waals surface area (Å²) in [5.41, 5.74) is 13.4. The third-order valence-electron chi connectivity index (χ3n) is 3.99. The van der Waals surface area contributed by atoms with Crippen LogP contribution in [0.15, 0.2) is 41.1 Å². The van der Waals surface area contributed by atoms with E-state index in [0.29, 0.717) is 25.3 Å². The second kappa shape index (κ2) is 8.96. The van der Waals surface area contributed by atoms with Crippen LogP contribution in [0.2, 0.25) is 0 Å². The zero-order valence-corrected chi connectivity index (χ0v) is 15.5. The largest absolute Gasteiger partial charge is 0.477 e. The Morgan fingerprint density at radius 1 is 1.29 bits per heavy atom. The number of carbonyl (C=O) groups excluding carboxylic acids is 1. The van der Waals surface area contributed by atoms with Gasteiger partial charge in [-0.25, -0.2) is 4.98 Å².